The summed E-state index contributed by atoms with van der Waals surface area (Å²) in [5.41, 5.74) is 0.856. The number of hydrogen-bond donors (Lipinski definition) is 0. The smallest absolute Gasteiger partial charge is 0.200 e. The summed E-state index contributed by atoms with van der Waals surface area (Å²) in [5.74, 6) is -1.18. The van der Waals surface area contributed by atoms with E-state index in [1.54, 1.807) is 0 Å². The van der Waals surface area contributed by atoms with Gasteiger partial charge in [-0.1, -0.05) is 32.0 Å². The summed E-state index contributed by atoms with van der Waals surface area (Å²) in [4.78, 5) is 2.29. The molecule has 0 radical (unpaired) electrons. The predicted molar refractivity (Wildman–Crippen MR) is 90.4 cm³/mol. The highest BCUT2D eigenvalue weighted by Gasteiger charge is 2.08. The first-order chi connectivity index (χ1) is 11.6. The van der Waals surface area contributed by atoms with Gasteiger partial charge in [0.2, 0.25) is 5.82 Å². The lowest BCUT2D eigenvalue weighted by atomic mass is 10.2. The van der Waals surface area contributed by atoms with Gasteiger partial charge >= 0.3 is 0 Å². The topological polar surface area (TPSA) is 21.7 Å². The summed E-state index contributed by atoms with van der Waals surface area (Å²) in [6.45, 7) is 7.95. The van der Waals surface area contributed by atoms with Crippen LogP contribution >= 0.6 is 0 Å². The number of hydrogen-bond acceptors (Lipinski definition) is 3. The van der Waals surface area contributed by atoms with Crippen LogP contribution in [0.5, 0.6) is 11.5 Å². The second kappa shape index (κ2) is 9.23. The quantitative estimate of drug-likeness (QED) is 0.683. The fraction of sp³-hybridized carbons (Fsp3) is 0.368. The van der Waals surface area contributed by atoms with Crippen molar-refractivity contribution in [2.45, 2.75) is 20.5 Å². The molecule has 5 heteroatoms. The zero-order valence-electron chi connectivity index (χ0n) is 14.1. The van der Waals surface area contributed by atoms with Gasteiger partial charge in [-0.3, -0.25) is 0 Å². The molecule has 0 N–H and O–H groups in total. The highest BCUT2D eigenvalue weighted by Crippen LogP contribution is 2.21. The van der Waals surface area contributed by atoms with Crippen LogP contribution in [0.1, 0.15) is 19.4 Å². The minimum Gasteiger partial charge on any atom is -0.492 e. The summed E-state index contributed by atoms with van der Waals surface area (Å²) in [6, 6.07) is 11.3. The molecule has 0 aliphatic heterocycles. The van der Waals surface area contributed by atoms with Crippen molar-refractivity contribution in [2.24, 2.45) is 0 Å². The molecule has 0 aliphatic rings. The molecule has 2 aromatic carbocycles. The number of benzene rings is 2. The Labute approximate surface area is 141 Å². The molecule has 3 nitrogen and oxygen atoms in total. The van der Waals surface area contributed by atoms with E-state index in [0.717, 1.165) is 37.0 Å². The standard InChI is InChI=1S/C19H23F2NO2/c1-3-22(4-2)12-13-23-16-10-8-15(9-11-16)14-24-18-7-5-6-17(20)19(18)21/h5-11H,3-4,12-14H2,1-2H3. The van der Waals surface area contributed by atoms with E-state index >= 15 is 0 Å². The van der Waals surface area contributed by atoms with Gasteiger partial charge in [-0.15, -0.1) is 0 Å². The normalized spacial score (nSPS) is 10.9. The summed E-state index contributed by atoms with van der Waals surface area (Å²) in [6.07, 6.45) is 0. The van der Waals surface area contributed by atoms with Crippen molar-refractivity contribution in [1.82, 2.24) is 4.90 Å². The van der Waals surface area contributed by atoms with Crippen molar-refractivity contribution in [3.8, 4) is 11.5 Å². The van der Waals surface area contributed by atoms with Gasteiger partial charge in [0.25, 0.3) is 0 Å². The van der Waals surface area contributed by atoms with E-state index in [1.165, 1.54) is 12.1 Å². The van der Waals surface area contributed by atoms with Crippen molar-refractivity contribution in [1.29, 1.82) is 0 Å². The van der Waals surface area contributed by atoms with Gasteiger partial charge in [0.15, 0.2) is 11.6 Å². The molecule has 2 aromatic rings. The van der Waals surface area contributed by atoms with Gasteiger partial charge in [-0.25, -0.2) is 4.39 Å². The molecule has 0 aliphatic carbocycles. The summed E-state index contributed by atoms with van der Waals surface area (Å²) >= 11 is 0. The Hall–Kier alpha value is -2.14. The summed E-state index contributed by atoms with van der Waals surface area (Å²) in [7, 11) is 0. The fourth-order valence-electron chi connectivity index (χ4n) is 2.27. The van der Waals surface area contributed by atoms with Crippen molar-refractivity contribution >= 4 is 0 Å². The summed E-state index contributed by atoms with van der Waals surface area (Å²) < 4.78 is 37.6. The lowest BCUT2D eigenvalue weighted by Crippen LogP contribution is -2.27. The highest BCUT2D eigenvalue weighted by molar-refractivity contribution is 5.29. The second-order valence-electron chi connectivity index (χ2n) is 5.36. The number of halogens is 2. The molecule has 0 unspecified atom stereocenters. The SMILES string of the molecule is CCN(CC)CCOc1ccc(COc2cccc(F)c2F)cc1. The highest BCUT2D eigenvalue weighted by atomic mass is 19.2. The Morgan fingerprint density at radius 2 is 1.62 bits per heavy atom. The van der Waals surface area contributed by atoms with Gasteiger partial charge in [0, 0.05) is 6.54 Å². The van der Waals surface area contributed by atoms with Crippen LogP contribution < -0.4 is 9.47 Å². The maximum absolute atomic E-state index is 13.5. The molecule has 0 spiro atoms. The van der Waals surface area contributed by atoms with Gasteiger partial charge in [0.05, 0.1) is 0 Å². The van der Waals surface area contributed by atoms with E-state index in [2.05, 4.69) is 18.7 Å². The molecular formula is C19H23F2NO2. The Bertz CT molecular complexity index is 628. The maximum atomic E-state index is 13.5. The Balaban J connectivity index is 1.82. The Kier molecular flexibility index (Phi) is 7.00. The van der Waals surface area contributed by atoms with Crippen molar-refractivity contribution in [3.05, 3.63) is 59.7 Å². The zero-order chi connectivity index (χ0) is 17.4. The average molecular weight is 335 g/mol. The fourth-order valence-corrected chi connectivity index (χ4v) is 2.27. The summed E-state index contributed by atoms with van der Waals surface area (Å²) in [5, 5.41) is 0. The molecule has 0 saturated heterocycles. The average Bonchev–Trinajstić information content (AvgIpc) is 2.61. The first-order valence-corrected chi connectivity index (χ1v) is 8.15. The van der Waals surface area contributed by atoms with E-state index < -0.39 is 11.6 Å². The molecule has 0 bridgehead atoms. The number of rotatable bonds is 9. The van der Waals surface area contributed by atoms with E-state index in [1.807, 2.05) is 24.3 Å². The van der Waals surface area contributed by atoms with E-state index in [-0.39, 0.29) is 12.4 Å². The van der Waals surface area contributed by atoms with Crippen LogP contribution in [0.3, 0.4) is 0 Å². The zero-order valence-corrected chi connectivity index (χ0v) is 14.1. The van der Waals surface area contributed by atoms with Crippen LogP contribution in [0, 0.1) is 11.6 Å². The third kappa shape index (κ3) is 5.20. The van der Waals surface area contributed by atoms with Crippen molar-refractivity contribution < 1.29 is 18.3 Å². The van der Waals surface area contributed by atoms with Gasteiger partial charge in [-0.05, 0) is 42.9 Å². The second-order valence-corrected chi connectivity index (χ2v) is 5.36. The van der Waals surface area contributed by atoms with Crippen molar-refractivity contribution in [3.63, 3.8) is 0 Å². The first-order valence-electron chi connectivity index (χ1n) is 8.15. The van der Waals surface area contributed by atoms with Crippen molar-refractivity contribution in [2.75, 3.05) is 26.2 Å². The van der Waals surface area contributed by atoms with Gasteiger partial charge in [0.1, 0.15) is 19.0 Å². The minimum absolute atomic E-state index is 0.0884. The lowest BCUT2D eigenvalue weighted by Gasteiger charge is -2.18. The molecule has 130 valence electrons. The van der Waals surface area contributed by atoms with Crippen LogP contribution in [0.25, 0.3) is 0 Å². The van der Waals surface area contributed by atoms with Gasteiger partial charge in [-0.2, -0.15) is 4.39 Å². The van der Waals surface area contributed by atoms with E-state index in [4.69, 9.17) is 9.47 Å². The molecule has 0 heterocycles. The molecule has 0 atom stereocenters. The number of ether oxygens (including phenoxy) is 2. The molecule has 0 saturated carbocycles. The molecule has 2 rings (SSSR count). The van der Waals surface area contributed by atoms with E-state index in [9.17, 15) is 8.78 Å². The predicted octanol–water partition coefficient (Wildman–Crippen LogP) is 4.26. The third-order valence-electron chi connectivity index (χ3n) is 3.80. The third-order valence-corrected chi connectivity index (χ3v) is 3.80. The van der Waals surface area contributed by atoms with E-state index in [0.29, 0.717) is 6.61 Å². The molecule has 0 amide bonds. The largest absolute Gasteiger partial charge is 0.492 e. The molecule has 0 aromatic heterocycles. The van der Waals surface area contributed by atoms with Crippen LogP contribution in [0.4, 0.5) is 8.78 Å². The number of likely N-dealkylation sites (N-methyl/N-ethyl adjacent to an activating group) is 1. The lowest BCUT2D eigenvalue weighted by molar-refractivity contribution is 0.222. The van der Waals surface area contributed by atoms with Crippen LogP contribution in [0.2, 0.25) is 0 Å². The first kappa shape index (κ1) is 18.2. The van der Waals surface area contributed by atoms with Crippen LogP contribution in [-0.2, 0) is 6.61 Å². The van der Waals surface area contributed by atoms with Crippen LogP contribution in [0.15, 0.2) is 42.5 Å². The number of nitrogens with zero attached hydrogens (tertiary/aromatic N) is 1. The molecular weight excluding hydrogens is 312 g/mol. The van der Waals surface area contributed by atoms with Gasteiger partial charge < -0.3 is 14.4 Å². The van der Waals surface area contributed by atoms with Crippen LogP contribution in [-0.4, -0.2) is 31.1 Å². The molecule has 24 heavy (non-hydrogen) atoms. The maximum Gasteiger partial charge on any atom is 0.200 e. The molecule has 0 fully saturated rings. The Morgan fingerprint density at radius 1 is 0.917 bits per heavy atom. The monoisotopic (exact) mass is 335 g/mol. The minimum atomic E-state index is -0.964. The Morgan fingerprint density at radius 3 is 2.29 bits per heavy atom.